The fraction of sp³-hybridized carbons (Fsp3) is 0.182. The van der Waals surface area contributed by atoms with Crippen LogP contribution in [0.5, 0.6) is 0 Å². The third-order valence-corrected chi connectivity index (χ3v) is 5.36. The average Bonchev–Trinajstić information content (AvgIpc) is 2.62. The van der Waals surface area contributed by atoms with Crippen molar-refractivity contribution in [1.82, 2.24) is 9.97 Å². The van der Waals surface area contributed by atoms with Crippen LogP contribution in [0, 0.1) is 6.92 Å². The Hall–Kier alpha value is -1.78. The highest BCUT2D eigenvalue weighted by Crippen LogP contribution is 2.43. The number of hydrogen-bond acceptors (Lipinski definition) is 3. The van der Waals surface area contributed by atoms with E-state index in [1.54, 1.807) is 37.5 Å². The van der Waals surface area contributed by atoms with Crippen LogP contribution in [-0.2, 0) is 0 Å². The van der Waals surface area contributed by atoms with E-state index in [1.807, 2.05) is 25.1 Å². The van der Waals surface area contributed by atoms with Crippen molar-refractivity contribution in [1.29, 1.82) is 0 Å². The maximum absolute atomic E-state index is 6.51. The largest absolute Gasteiger partial charge is 0.359 e. The number of aryl methyl sites for hydroxylation is 1. The lowest BCUT2D eigenvalue weighted by Gasteiger charge is -2.30. The number of aromatic nitrogens is 2. The molecule has 3 aromatic rings. The summed E-state index contributed by atoms with van der Waals surface area (Å²) in [5.41, 5.74) is 5.29. The third kappa shape index (κ3) is 5.43. The fourth-order valence-electron chi connectivity index (χ4n) is 3.25. The Balaban J connectivity index is 1.95. The standard InChI is InChI=1S/C22H19Cl4N3/c1-13-4-5-19(9-20(13)16-10-27-12-28-11-16)29-14(2)21(22(3,25)26)15-6-17(23)8-18(24)7-15/h4-12,21,29H,2H2,1,3H3. The van der Waals surface area contributed by atoms with Crippen LogP contribution < -0.4 is 5.32 Å². The van der Waals surface area contributed by atoms with E-state index in [-0.39, 0.29) is 0 Å². The van der Waals surface area contributed by atoms with Crippen LogP contribution in [0.3, 0.4) is 0 Å². The van der Waals surface area contributed by atoms with E-state index in [9.17, 15) is 0 Å². The molecule has 29 heavy (non-hydrogen) atoms. The zero-order valence-electron chi connectivity index (χ0n) is 15.9. The minimum absolute atomic E-state index is 0.452. The summed E-state index contributed by atoms with van der Waals surface area (Å²) in [5.74, 6) is -0.452. The molecule has 0 aliphatic heterocycles. The van der Waals surface area contributed by atoms with Crippen LogP contribution in [0.25, 0.3) is 11.1 Å². The molecule has 1 atom stereocenters. The lowest BCUT2D eigenvalue weighted by Crippen LogP contribution is -2.25. The first-order valence-corrected chi connectivity index (χ1v) is 10.3. The van der Waals surface area contributed by atoms with Crippen molar-refractivity contribution in [3.8, 4) is 11.1 Å². The Labute approximate surface area is 190 Å². The lowest BCUT2D eigenvalue weighted by atomic mass is 9.92. The van der Waals surface area contributed by atoms with Gasteiger partial charge in [0.2, 0.25) is 0 Å². The summed E-state index contributed by atoms with van der Waals surface area (Å²) < 4.78 is -1.14. The molecule has 3 nitrogen and oxygen atoms in total. The van der Waals surface area contributed by atoms with Crippen LogP contribution in [0.1, 0.15) is 24.0 Å². The van der Waals surface area contributed by atoms with E-state index >= 15 is 0 Å². The molecule has 0 spiro atoms. The second-order valence-electron chi connectivity index (χ2n) is 6.90. The predicted octanol–water partition coefficient (Wildman–Crippen LogP) is 7.66. The zero-order chi connectivity index (χ0) is 21.2. The maximum atomic E-state index is 6.51. The number of nitrogens with one attached hydrogen (secondary N) is 1. The maximum Gasteiger partial charge on any atom is 0.127 e. The van der Waals surface area contributed by atoms with Crippen LogP contribution in [0.2, 0.25) is 10.0 Å². The van der Waals surface area contributed by atoms with Crippen molar-refractivity contribution in [2.24, 2.45) is 0 Å². The van der Waals surface area contributed by atoms with E-state index in [1.165, 1.54) is 6.33 Å². The molecular formula is C22H19Cl4N3. The molecule has 3 rings (SSSR count). The monoisotopic (exact) mass is 465 g/mol. The first-order chi connectivity index (χ1) is 13.6. The summed E-state index contributed by atoms with van der Waals surface area (Å²) >= 11 is 25.4. The minimum Gasteiger partial charge on any atom is -0.359 e. The molecule has 0 amide bonds. The van der Waals surface area contributed by atoms with Crippen molar-refractivity contribution in [3.05, 3.63) is 88.6 Å². The molecule has 1 aromatic heterocycles. The lowest BCUT2D eigenvalue weighted by molar-refractivity contribution is 0.718. The highest BCUT2D eigenvalue weighted by atomic mass is 35.5. The molecule has 1 unspecified atom stereocenters. The highest BCUT2D eigenvalue weighted by Gasteiger charge is 2.34. The summed E-state index contributed by atoms with van der Waals surface area (Å²) in [6.07, 6.45) is 5.06. The van der Waals surface area contributed by atoms with Gasteiger partial charge in [0.05, 0.1) is 5.92 Å². The van der Waals surface area contributed by atoms with Gasteiger partial charge in [-0.15, -0.1) is 23.2 Å². The number of anilines is 1. The minimum atomic E-state index is -1.14. The molecule has 0 aliphatic carbocycles. The van der Waals surface area contributed by atoms with Gasteiger partial charge in [0.25, 0.3) is 0 Å². The van der Waals surface area contributed by atoms with Crippen molar-refractivity contribution < 1.29 is 0 Å². The van der Waals surface area contributed by atoms with Crippen LogP contribution in [-0.4, -0.2) is 14.3 Å². The summed E-state index contributed by atoms with van der Waals surface area (Å²) in [7, 11) is 0. The molecule has 1 heterocycles. The van der Waals surface area contributed by atoms with Gasteiger partial charge in [0.1, 0.15) is 10.7 Å². The molecule has 0 bridgehead atoms. The summed E-state index contributed by atoms with van der Waals surface area (Å²) in [5, 5.41) is 4.34. The van der Waals surface area contributed by atoms with Gasteiger partial charge in [-0.2, -0.15) is 0 Å². The number of benzene rings is 2. The summed E-state index contributed by atoms with van der Waals surface area (Å²) in [6, 6.07) is 11.2. The van der Waals surface area contributed by atoms with E-state index in [2.05, 4.69) is 21.9 Å². The fourth-order valence-corrected chi connectivity index (χ4v) is 4.31. The van der Waals surface area contributed by atoms with E-state index in [0.29, 0.717) is 15.7 Å². The average molecular weight is 467 g/mol. The van der Waals surface area contributed by atoms with Gasteiger partial charge in [-0.05, 0) is 60.9 Å². The molecule has 150 valence electrons. The quantitative estimate of drug-likeness (QED) is 0.378. The van der Waals surface area contributed by atoms with Gasteiger partial charge >= 0.3 is 0 Å². The van der Waals surface area contributed by atoms with E-state index in [0.717, 1.165) is 27.9 Å². The number of alkyl halides is 2. The summed E-state index contributed by atoms with van der Waals surface area (Å²) in [4.78, 5) is 8.20. The second-order valence-corrected chi connectivity index (χ2v) is 9.54. The molecular weight excluding hydrogens is 448 g/mol. The van der Waals surface area contributed by atoms with Crippen LogP contribution in [0.4, 0.5) is 5.69 Å². The first-order valence-electron chi connectivity index (χ1n) is 8.81. The van der Waals surface area contributed by atoms with Gasteiger partial charge in [-0.1, -0.05) is 35.8 Å². The molecule has 0 saturated heterocycles. The van der Waals surface area contributed by atoms with Gasteiger partial charge < -0.3 is 5.32 Å². The zero-order valence-corrected chi connectivity index (χ0v) is 18.9. The number of hydrogen-bond donors (Lipinski definition) is 1. The Morgan fingerprint density at radius 3 is 2.24 bits per heavy atom. The van der Waals surface area contributed by atoms with Gasteiger partial charge in [-0.25, -0.2) is 9.97 Å². The Morgan fingerprint density at radius 1 is 1.03 bits per heavy atom. The summed E-state index contributed by atoms with van der Waals surface area (Å²) in [6.45, 7) is 7.93. The van der Waals surface area contributed by atoms with Gasteiger partial charge in [0, 0.05) is 39.4 Å². The number of rotatable bonds is 6. The van der Waals surface area contributed by atoms with Crippen molar-refractivity contribution in [2.45, 2.75) is 24.1 Å². The van der Waals surface area contributed by atoms with Gasteiger partial charge in [-0.3, -0.25) is 0 Å². The normalized spacial score (nSPS) is 12.5. The van der Waals surface area contributed by atoms with Crippen LogP contribution >= 0.6 is 46.4 Å². The SMILES string of the molecule is C=C(Nc1ccc(C)c(-c2cncnc2)c1)C(c1cc(Cl)cc(Cl)c1)C(C)(Cl)Cl. The Morgan fingerprint density at radius 2 is 1.66 bits per heavy atom. The Kier molecular flexibility index (Phi) is 6.75. The predicted molar refractivity (Wildman–Crippen MR) is 124 cm³/mol. The van der Waals surface area contributed by atoms with Crippen molar-refractivity contribution >= 4 is 52.1 Å². The smallest absolute Gasteiger partial charge is 0.127 e. The molecule has 2 aromatic carbocycles. The molecule has 0 saturated carbocycles. The van der Waals surface area contributed by atoms with Gasteiger partial charge in [0.15, 0.2) is 0 Å². The van der Waals surface area contributed by atoms with Crippen LogP contribution in [0.15, 0.2) is 67.4 Å². The third-order valence-electron chi connectivity index (χ3n) is 4.49. The molecule has 7 heteroatoms. The molecule has 0 radical (unpaired) electrons. The molecule has 1 N–H and O–H groups in total. The molecule has 0 fully saturated rings. The van der Waals surface area contributed by atoms with Crippen molar-refractivity contribution in [3.63, 3.8) is 0 Å². The number of nitrogens with zero attached hydrogens (tertiary/aromatic N) is 2. The van der Waals surface area contributed by atoms with E-state index < -0.39 is 10.3 Å². The second kappa shape index (κ2) is 8.93. The van der Waals surface area contributed by atoms with E-state index in [4.69, 9.17) is 46.4 Å². The molecule has 0 aliphatic rings. The highest BCUT2D eigenvalue weighted by molar-refractivity contribution is 6.49. The number of allylic oxidation sites excluding steroid dienone is 1. The topological polar surface area (TPSA) is 37.8 Å². The number of halogens is 4. The van der Waals surface area contributed by atoms with Crippen molar-refractivity contribution in [2.75, 3.05) is 5.32 Å². The first kappa shape index (κ1) is 21.9. The Bertz CT molecular complexity index is 1010.